The number of aromatic nitrogens is 4. The summed E-state index contributed by atoms with van der Waals surface area (Å²) in [7, 11) is 0. The zero-order chi connectivity index (χ0) is 14.1. The van der Waals surface area contributed by atoms with Gasteiger partial charge < -0.3 is 4.98 Å². The normalized spacial score (nSPS) is 10.7. The molecule has 0 atom stereocenters. The Bertz CT molecular complexity index is 793. The van der Waals surface area contributed by atoms with Gasteiger partial charge in [0.05, 0.1) is 11.4 Å². The number of nitrogens with zero attached hydrogens (tertiary/aromatic N) is 3. The maximum Gasteiger partial charge on any atom is 0.258 e. The molecule has 0 aliphatic rings. The number of anilines is 1. The molecular weight excluding hydrogens is 254 g/mol. The molecule has 0 fully saturated rings. The van der Waals surface area contributed by atoms with Gasteiger partial charge in [-0.1, -0.05) is 0 Å². The lowest BCUT2D eigenvalue weighted by Gasteiger charge is -2.05. The predicted octanol–water partition coefficient (Wildman–Crippen LogP) is 2.22. The maximum atomic E-state index is 12.1. The van der Waals surface area contributed by atoms with Crippen molar-refractivity contribution < 1.29 is 4.79 Å². The van der Waals surface area contributed by atoms with Crippen molar-refractivity contribution in [3.8, 4) is 0 Å². The molecule has 6 heteroatoms. The highest BCUT2D eigenvalue weighted by Crippen LogP contribution is 2.15. The van der Waals surface area contributed by atoms with E-state index in [0.29, 0.717) is 5.56 Å². The molecule has 0 spiro atoms. The van der Waals surface area contributed by atoms with E-state index >= 15 is 0 Å². The van der Waals surface area contributed by atoms with E-state index < -0.39 is 0 Å². The Kier molecular flexibility index (Phi) is 2.90. The molecule has 2 N–H and O–H groups in total. The van der Waals surface area contributed by atoms with Crippen LogP contribution >= 0.6 is 0 Å². The van der Waals surface area contributed by atoms with Gasteiger partial charge in [-0.3, -0.25) is 10.1 Å². The molecule has 2 aromatic heterocycles. The highest BCUT2D eigenvalue weighted by atomic mass is 16.1. The summed E-state index contributed by atoms with van der Waals surface area (Å²) in [5.41, 5.74) is 3.04. The number of hydrogen-bond donors (Lipinski definition) is 2. The van der Waals surface area contributed by atoms with Crippen LogP contribution in [0.15, 0.2) is 30.5 Å². The van der Waals surface area contributed by atoms with Crippen LogP contribution in [-0.2, 0) is 0 Å². The Labute approximate surface area is 115 Å². The highest BCUT2D eigenvalue weighted by molar-refractivity contribution is 6.05. The number of carbonyl (C=O) groups is 1. The molecule has 100 valence electrons. The summed E-state index contributed by atoms with van der Waals surface area (Å²) in [6.07, 6.45) is 1.84. The lowest BCUT2D eigenvalue weighted by Crippen LogP contribution is -2.15. The molecule has 2 heterocycles. The predicted molar refractivity (Wildman–Crippen MR) is 75.6 cm³/mol. The van der Waals surface area contributed by atoms with Crippen molar-refractivity contribution >= 4 is 22.8 Å². The van der Waals surface area contributed by atoms with Gasteiger partial charge in [-0.05, 0) is 38.1 Å². The number of nitrogens with one attached hydrogen (secondary N) is 2. The van der Waals surface area contributed by atoms with Crippen LogP contribution in [0.3, 0.4) is 0 Å². The van der Waals surface area contributed by atoms with Crippen molar-refractivity contribution in [2.75, 3.05) is 5.32 Å². The molecule has 0 aliphatic heterocycles. The van der Waals surface area contributed by atoms with Gasteiger partial charge in [0, 0.05) is 22.7 Å². The molecule has 1 aromatic carbocycles. The molecule has 0 saturated carbocycles. The number of amides is 1. The average Bonchev–Trinajstić information content (AvgIpc) is 2.90. The zero-order valence-electron chi connectivity index (χ0n) is 11.1. The van der Waals surface area contributed by atoms with Crippen LogP contribution in [0.2, 0.25) is 0 Å². The Morgan fingerprint density at radius 3 is 2.80 bits per heavy atom. The number of benzene rings is 1. The minimum atomic E-state index is -0.252. The minimum absolute atomic E-state index is 0.215. The molecule has 0 radical (unpaired) electrons. The van der Waals surface area contributed by atoms with Crippen molar-refractivity contribution in [3.05, 3.63) is 47.4 Å². The third-order valence-electron chi connectivity index (χ3n) is 3.13. The quantitative estimate of drug-likeness (QED) is 0.745. The summed E-state index contributed by atoms with van der Waals surface area (Å²) in [6.45, 7) is 3.65. The lowest BCUT2D eigenvalue weighted by molar-refractivity contribution is 0.102. The number of carbonyl (C=O) groups excluding carboxylic acids is 1. The zero-order valence-corrected chi connectivity index (χ0v) is 11.1. The van der Waals surface area contributed by atoms with Gasteiger partial charge in [-0.15, -0.1) is 5.10 Å². The van der Waals surface area contributed by atoms with Crippen LogP contribution < -0.4 is 5.32 Å². The van der Waals surface area contributed by atoms with Gasteiger partial charge in [0.1, 0.15) is 0 Å². The second-order valence-electron chi connectivity index (χ2n) is 4.54. The Morgan fingerprint density at radius 2 is 2.00 bits per heavy atom. The van der Waals surface area contributed by atoms with Crippen LogP contribution in [0.5, 0.6) is 0 Å². The van der Waals surface area contributed by atoms with Gasteiger partial charge >= 0.3 is 0 Å². The number of rotatable bonds is 2. The Hall–Kier alpha value is -2.76. The van der Waals surface area contributed by atoms with E-state index in [9.17, 15) is 4.79 Å². The first kappa shape index (κ1) is 12.3. The molecule has 3 aromatic rings. The molecule has 0 bridgehead atoms. The van der Waals surface area contributed by atoms with Crippen molar-refractivity contribution in [1.82, 2.24) is 20.2 Å². The van der Waals surface area contributed by atoms with Crippen LogP contribution in [0, 0.1) is 13.8 Å². The summed E-state index contributed by atoms with van der Waals surface area (Å²) in [4.78, 5) is 19.4. The van der Waals surface area contributed by atoms with Crippen molar-refractivity contribution in [1.29, 1.82) is 0 Å². The van der Waals surface area contributed by atoms with Crippen molar-refractivity contribution in [2.24, 2.45) is 0 Å². The lowest BCUT2D eigenvalue weighted by atomic mass is 10.1. The van der Waals surface area contributed by atoms with Crippen LogP contribution in [0.1, 0.15) is 21.7 Å². The van der Waals surface area contributed by atoms with Crippen molar-refractivity contribution in [2.45, 2.75) is 13.8 Å². The first-order chi connectivity index (χ1) is 9.63. The van der Waals surface area contributed by atoms with E-state index in [4.69, 9.17) is 0 Å². The Balaban J connectivity index is 1.86. The molecule has 0 saturated heterocycles. The Morgan fingerprint density at radius 1 is 1.15 bits per heavy atom. The molecule has 3 rings (SSSR count). The maximum absolute atomic E-state index is 12.1. The number of H-pyrrole nitrogens is 1. The second-order valence-corrected chi connectivity index (χ2v) is 4.54. The second kappa shape index (κ2) is 4.73. The summed E-state index contributed by atoms with van der Waals surface area (Å²) in [5, 5.41) is 11.4. The number of hydrogen-bond acceptors (Lipinski definition) is 4. The van der Waals surface area contributed by atoms with E-state index in [1.165, 1.54) is 0 Å². The standard InChI is InChI=1S/C14H13N5O/c1-8-9(2)18-19-14(16-8)17-13(20)11-3-4-12-10(7-11)5-6-15-12/h3-7,15H,1-2H3,(H,16,17,19,20). The number of aromatic amines is 1. The topological polar surface area (TPSA) is 83.6 Å². The smallest absolute Gasteiger partial charge is 0.258 e. The van der Waals surface area contributed by atoms with E-state index in [0.717, 1.165) is 22.3 Å². The van der Waals surface area contributed by atoms with E-state index in [1.807, 2.05) is 38.2 Å². The molecule has 0 unspecified atom stereocenters. The fourth-order valence-electron chi connectivity index (χ4n) is 1.88. The van der Waals surface area contributed by atoms with E-state index in [-0.39, 0.29) is 11.9 Å². The monoisotopic (exact) mass is 267 g/mol. The summed E-state index contributed by atoms with van der Waals surface area (Å²) >= 11 is 0. The van der Waals surface area contributed by atoms with Gasteiger partial charge in [0.2, 0.25) is 5.95 Å². The van der Waals surface area contributed by atoms with Crippen molar-refractivity contribution in [3.63, 3.8) is 0 Å². The van der Waals surface area contributed by atoms with Gasteiger partial charge in [0.15, 0.2) is 0 Å². The number of aryl methyl sites for hydroxylation is 2. The third kappa shape index (κ3) is 2.23. The molecule has 1 amide bonds. The summed E-state index contributed by atoms with van der Waals surface area (Å²) in [5.74, 6) is -0.0366. The van der Waals surface area contributed by atoms with E-state index in [1.54, 1.807) is 6.07 Å². The molecule has 0 aliphatic carbocycles. The van der Waals surface area contributed by atoms with Crippen LogP contribution in [0.4, 0.5) is 5.95 Å². The van der Waals surface area contributed by atoms with Gasteiger partial charge in [-0.25, -0.2) is 4.98 Å². The van der Waals surface area contributed by atoms with Gasteiger partial charge in [0.25, 0.3) is 5.91 Å². The SMILES string of the molecule is Cc1nnc(NC(=O)c2ccc3[nH]ccc3c2)nc1C. The average molecular weight is 267 g/mol. The fraction of sp³-hybridized carbons (Fsp3) is 0.143. The van der Waals surface area contributed by atoms with E-state index in [2.05, 4.69) is 25.5 Å². The first-order valence-corrected chi connectivity index (χ1v) is 6.20. The van der Waals surface area contributed by atoms with Crippen LogP contribution in [-0.4, -0.2) is 26.1 Å². The summed E-state index contributed by atoms with van der Waals surface area (Å²) in [6, 6.07) is 7.35. The third-order valence-corrected chi connectivity index (χ3v) is 3.13. The largest absolute Gasteiger partial charge is 0.361 e. The minimum Gasteiger partial charge on any atom is -0.361 e. The summed E-state index contributed by atoms with van der Waals surface area (Å²) < 4.78 is 0. The molecule has 20 heavy (non-hydrogen) atoms. The first-order valence-electron chi connectivity index (χ1n) is 6.20. The molecule has 6 nitrogen and oxygen atoms in total. The highest BCUT2D eigenvalue weighted by Gasteiger charge is 2.10. The van der Waals surface area contributed by atoms with Crippen LogP contribution in [0.25, 0.3) is 10.9 Å². The fourth-order valence-corrected chi connectivity index (χ4v) is 1.88. The number of fused-ring (bicyclic) bond motifs is 1. The van der Waals surface area contributed by atoms with Gasteiger partial charge in [-0.2, -0.15) is 5.10 Å². The molecular formula is C14H13N5O.